The Morgan fingerprint density at radius 3 is 2.16 bits per heavy atom. The van der Waals surface area contributed by atoms with E-state index in [1.54, 1.807) is 33.7 Å². The summed E-state index contributed by atoms with van der Waals surface area (Å²) in [6, 6.07) is 3.64. The number of rotatable bonds is 7. The van der Waals surface area contributed by atoms with E-state index in [1.807, 2.05) is 39.8 Å². The number of H-pyrrole nitrogens is 1. The Morgan fingerprint density at radius 2 is 1.68 bits per heavy atom. The Bertz CT molecular complexity index is 1220. The highest BCUT2D eigenvalue weighted by Gasteiger charge is 2.36. The van der Waals surface area contributed by atoms with Crippen LogP contribution in [0.15, 0.2) is 24.5 Å². The average molecular weight is 513 g/mol. The number of ketones is 1. The number of aromatic amines is 1. The fourth-order valence-corrected chi connectivity index (χ4v) is 4.11. The van der Waals surface area contributed by atoms with Crippen molar-refractivity contribution < 1.29 is 28.5 Å². The number of hydrogen-bond donors (Lipinski definition) is 2. The molecule has 1 aliphatic rings. The van der Waals surface area contributed by atoms with E-state index in [1.165, 1.54) is 0 Å². The number of ether oxygens (including phenoxy) is 4. The highest BCUT2D eigenvalue weighted by atomic mass is 16.5. The van der Waals surface area contributed by atoms with Crippen LogP contribution in [0.25, 0.3) is 22.4 Å². The van der Waals surface area contributed by atoms with Gasteiger partial charge in [0.25, 0.3) is 6.47 Å². The van der Waals surface area contributed by atoms with Crippen LogP contribution in [0.1, 0.15) is 50.9 Å². The molecule has 2 N–H and O–H groups in total. The second kappa shape index (κ2) is 11.6. The first kappa shape index (κ1) is 27.9. The van der Waals surface area contributed by atoms with Gasteiger partial charge in [-0.15, -0.1) is 0 Å². The minimum atomic E-state index is -0.398. The Labute approximate surface area is 217 Å². The van der Waals surface area contributed by atoms with Crippen LogP contribution in [0, 0.1) is 5.41 Å². The molecule has 0 bridgehead atoms. The standard InChI is InChI=1S/C22H26N4O4.C5H10O2/c1-22(5-7-23-8-6-22)20(27)14-11-24-21-18(14)26-15(12-25-21)13-9-16(28-2)19(30-4)17(10-13)29-3;1-5(2,3)7-4-6/h9-12,23H,5-8H2,1-4H3,(H,24,25);4H,1-3H3. The molecule has 1 saturated heterocycles. The van der Waals surface area contributed by atoms with E-state index in [0.29, 0.717) is 46.1 Å². The molecular formula is C27H36N4O6. The number of fused-ring (bicyclic) bond motifs is 1. The van der Waals surface area contributed by atoms with Gasteiger partial charge in [0.2, 0.25) is 5.75 Å². The van der Waals surface area contributed by atoms with Gasteiger partial charge in [-0.25, -0.2) is 9.97 Å². The van der Waals surface area contributed by atoms with E-state index >= 15 is 0 Å². The second-order valence-electron chi connectivity index (χ2n) is 10.0. The summed E-state index contributed by atoms with van der Waals surface area (Å²) >= 11 is 0. The van der Waals surface area contributed by atoms with Crippen LogP contribution < -0.4 is 19.5 Å². The predicted octanol–water partition coefficient (Wildman–Crippen LogP) is 4.18. The van der Waals surface area contributed by atoms with E-state index in [-0.39, 0.29) is 11.4 Å². The van der Waals surface area contributed by atoms with Gasteiger partial charge in [0, 0.05) is 17.2 Å². The van der Waals surface area contributed by atoms with Crippen molar-refractivity contribution in [1.82, 2.24) is 20.3 Å². The smallest absolute Gasteiger partial charge is 0.293 e. The summed E-state index contributed by atoms with van der Waals surface area (Å²) in [7, 11) is 4.70. The lowest BCUT2D eigenvalue weighted by Gasteiger charge is -2.32. The first-order valence-electron chi connectivity index (χ1n) is 12.1. The van der Waals surface area contributed by atoms with Crippen molar-refractivity contribution in [2.75, 3.05) is 34.4 Å². The molecule has 2 aromatic heterocycles. The number of methoxy groups -OCH3 is 3. The highest BCUT2D eigenvalue weighted by Crippen LogP contribution is 2.41. The summed E-state index contributed by atoms with van der Waals surface area (Å²) in [5, 5.41) is 3.32. The molecule has 0 amide bonds. The number of nitrogens with one attached hydrogen (secondary N) is 2. The van der Waals surface area contributed by atoms with Gasteiger partial charge in [-0.1, -0.05) is 6.92 Å². The summed E-state index contributed by atoms with van der Waals surface area (Å²) in [4.78, 5) is 35.3. The van der Waals surface area contributed by atoms with Crippen molar-refractivity contribution >= 4 is 23.4 Å². The Balaban J connectivity index is 0.000000479. The molecule has 4 rings (SSSR count). The zero-order chi connectivity index (χ0) is 27.2. The summed E-state index contributed by atoms with van der Waals surface area (Å²) in [6.45, 7) is 9.63. The van der Waals surface area contributed by atoms with Crippen molar-refractivity contribution in [2.45, 2.75) is 46.1 Å². The predicted molar refractivity (Wildman–Crippen MR) is 140 cm³/mol. The van der Waals surface area contributed by atoms with Gasteiger partial charge in [-0.3, -0.25) is 9.59 Å². The molecule has 0 radical (unpaired) electrons. The molecule has 0 aliphatic carbocycles. The molecule has 37 heavy (non-hydrogen) atoms. The Kier molecular flexibility index (Phi) is 8.75. The van der Waals surface area contributed by atoms with Gasteiger partial charge in [0.1, 0.15) is 11.1 Å². The van der Waals surface area contributed by atoms with E-state index in [2.05, 4.69) is 20.0 Å². The SMILES string of the molecule is CC(C)(C)OC=O.COc1cc(-c2cnc3[nH]cc(C(=O)C4(C)CCNCC4)c3n2)cc(OC)c1OC. The van der Waals surface area contributed by atoms with Gasteiger partial charge < -0.3 is 29.2 Å². The van der Waals surface area contributed by atoms with Gasteiger partial charge in [-0.05, 0) is 58.8 Å². The second-order valence-corrected chi connectivity index (χ2v) is 10.0. The fraction of sp³-hybridized carbons (Fsp3) is 0.481. The van der Waals surface area contributed by atoms with E-state index < -0.39 is 5.41 Å². The van der Waals surface area contributed by atoms with Crippen LogP contribution in [0.5, 0.6) is 17.2 Å². The number of aromatic nitrogens is 3. The molecule has 10 nitrogen and oxygen atoms in total. The van der Waals surface area contributed by atoms with Crippen molar-refractivity contribution in [3.8, 4) is 28.5 Å². The van der Waals surface area contributed by atoms with Crippen molar-refractivity contribution in [2.24, 2.45) is 5.41 Å². The lowest BCUT2D eigenvalue weighted by Crippen LogP contribution is -2.40. The van der Waals surface area contributed by atoms with Crippen LogP contribution in [0.4, 0.5) is 0 Å². The zero-order valence-electron chi connectivity index (χ0n) is 22.6. The molecule has 3 aromatic rings. The Morgan fingerprint density at radius 1 is 1.05 bits per heavy atom. The molecule has 0 atom stereocenters. The van der Waals surface area contributed by atoms with Crippen LogP contribution >= 0.6 is 0 Å². The van der Waals surface area contributed by atoms with Gasteiger partial charge >= 0.3 is 0 Å². The van der Waals surface area contributed by atoms with Crippen LogP contribution in [0.2, 0.25) is 0 Å². The number of piperidine rings is 1. The number of Topliss-reactive ketones (excluding diaryl/α,β-unsaturated/α-hetero) is 1. The average Bonchev–Trinajstić information content (AvgIpc) is 3.30. The number of carbonyl (C=O) groups excluding carboxylic acids is 2. The third kappa shape index (κ3) is 6.37. The topological polar surface area (TPSA) is 125 Å². The minimum absolute atomic E-state index is 0.103. The van der Waals surface area contributed by atoms with Gasteiger partial charge in [-0.2, -0.15) is 0 Å². The molecule has 1 fully saturated rings. The normalized spacial score (nSPS) is 14.8. The van der Waals surface area contributed by atoms with E-state index in [4.69, 9.17) is 19.2 Å². The number of benzene rings is 1. The first-order valence-corrected chi connectivity index (χ1v) is 12.1. The zero-order valence-corrected chi connectivity index (χ0v) is 22.6. The van der Waals surface area contributed by atoms with Crippen molar-refractivity contribution in [1.29, 1.82) is 0 Å². The summed E-state index contributed by atoms with van der Waals surface area (Å²) < 4.78 is 20.8. The maximum absolute atomic E-state index is 13.4. The molecule has 3 heterocycles. The fourth-order valence-electron chi connectivity index (χ4n) is 4.11. The molecular weight excluding hydrogens is 476 g/mol. The molecule has 0 unspecified atom stereocenters. The van der Waals surface area contributed by atoms with Crippen LogP contribution in [0.3, 0.4) is 0 Å². The quantitative estimate of drug-likeness (QED) is 0.354. The third-order valence-electron chi connectivity index (χ3n) is 6.24. The van der Waals surface area contributed by atoms with E-state index in [9.17, 15) is 9.59 Å². The lowest BCUT2D eigenvalue weighted by atomic mass is 9.75. The maximum atomic E-state index is 13.4. The van der Waals surface area contributed by atoms with Crippen LogP contribution in [-0.4, -0.2) is 67.2 Å². The van der Waals surface area contributed by atoms with E-state index in [0.717, 1.165) is 31.5 Å². The molecule has 0 spiro atoms. The van der Waals surface area contributed by atoms with Gasteiger partial charge in [0.05, 0.1) is 38.8 Å². The largest absolute Gasteiger partial charge is 0.493 e. The van der Waals surface area contributed by atoms with Crippen LogP contribution in [-0.2, 0) is 9.53 Å². The highest BCUT2D eigenvalue weighted by molar-refractivity contribution is 6.08. The third-order valence-corrected chi connectivity index (χ3v) is 6.24. The first-order chi connectivity index (χ1) is 17.6. The van der Waals surface area contributed by atoms with Crippen molar-refractivity contribution in [3.05, 3.63) is 30.1 Å². The molecule has 1 aliphatic heterocycles. The number of nitrogens with zero attached hydrogens (tertiary/aromatic N) is 2. The maximum Gasteiger partial charge on any atom is 0.293 e. The lowest BCUT2D eigenvalue weighted by molar-refractivity contribution is -0.138. The monoisotopic (exact) mass is 512 g/mol. The summed E-state index contributed by atoms with van der Waals surface area (Å²) in [6.07, 6.45) is 5.00. The Hall–Kier alpha value is -3.66. The number of carbonyl (C=O) groups is 2. The summed E-state index contributed by atoms with van der Waals surface area (Å²) in [5.41, 5.74) is 2.40. The molecule has 200 valence electrons. The number of hydrogen-bond acceptors (Lipinski definition) is 9. The summed E-state index contributed by atoms with van der Waals surface area (Å²) in [5.74, 6) is 1.67. The van der Waals surface area contributed by atoms with Gasteiger partial charge in [0.15, 0.2) is 22.9 Å². The molecule has 0 saturated carbocycles. The minimum Gasteiger partial charge on any atom is -0.493 e. The van der Waals surface area contributed by atoms with Crippen molar-refractivity contribution in [3.63, 3.8) is 0 Å². The molecule has 10 heteroatoms. The molecule has 1 aromatic carbocycles.